The summed E-state index contributed by atoms with van der Waals surface area (Å²) in [6.07, 6.45) is 4.51. The van der Waals surface area contributed by atoms with Crippen molar-refractivity contribution in [3.05, 3.63) is 36.4 Å². The highest BCUT2D eigenvalue weighted by Gasteiger charge is 2.45. The van der Waals surface area contributed by atoms with E-state index < -0.39 is 5.21 Å². The molecule has 1 aromatic carbocycles. The van der Waals surface area contributed by atoms with E-state index in [1.54, 1.807) is 14.2 Å². The van der Waals surface area contributed by atoms with Crippen LogP contribution in [0.3, 0.4) is 0 Å². The molecule has 2 aliphatic rings. The Bertz CT molecular complexity index is 566. The molecular weight excluding hydrogens is 288 g/mol. The molecule has 1 aromatic rings. The second kappa shape index (κ2) is 7.26. The predicted octanol–water partition coefficient (Wildman–Crippen LogP) is 1.60. The molecule has 1 aliphatic heterocycles. The summed E-state index contributed by atoms with van der Waals surface area (Å²) >= 11 is 0. The highest BCUT2D eigenvalue weighted by molar-refractivity contribution is 6.53. The summed E-state index contributed by atoms with van der Waals surface area (Å²) < 4.78 is 10.0. The van der Waals surface area contributed by atoms with Crippen LogP contribution in [0.5, 0.6) is 11.5 Å². The first kappa shape index (κ1) is 17.7. The van der Waals surface area contributed by atoms with Gasteiger partial charge in [-0.3, -0.25) is 4.79 Å². The molecule has 1 fully saturated rings. The number of carbonyl (C=O) groups is 1. The van der Waals surface area contributed by atoms with Gasteiger partial charge in [0.1, 0.15) is 5.78 Å². The van der Waals surface area contributed by atoms with Gasteiger partial charge in [-0.25, -0.2) is 0 Å². The Balaban J connectivity index is 0.000000174. The van der Waals surface area contributed by atoms with Gasteiger partial charge in [-0.15, -0.1) is 0 Å². The summed E-state index contributed by atoms with van der Waals surface area (Å²) in [6, 6.07) is 7.50. The van der Waals surface area contributed by atoms with Crippen molar-refractivity contribution in [1.29, 1.82) is 0 Å². The van der Waals surface area contributed by atoms with Gasteiger partial charge in [0.05, 0.1) is 29.9 Å². The average Bonchev–Trinajstić information content (AvgIpc) is 2.94. The SMILES string of the molecule is COc1ccccc1OC.[B]C1([B])C(=O)C=CC2CCN(C)C21. The number of nitrogens with zero attached hydrogens (tertiary/aromatic N) is 1. The van der Waals surface area contributed by atoms with E-state index in [0.717, 1.165) is 24.5 Å². The molecule has 0 bridgehead atoms. The number of carbonyl (C=O) groups excluding carboxylic acids is 1. The minimum atomic E-state index is -1.19. The van der Waals surface area contributed by atoms with Gasteiger partial charge in [0.25, 0.3) is 0 Å². The minimum absolute atomic E-state index is 0.0231. The largest absolute Gasteiger partial charge is 0.493 e. The van der Waals surface area contributed by atoms with E-state index in [4.69, 9.17) is 25.2 Å². The van der Waals surface area contributed by atoms with Gasteiger partial charge in [-0.1, -0.05) is 18.2 Å². The molecule has 4 radical (unpaired) electrons. The number of ketones is 1. The fraction of sp³-hybridized carbons (Fsp3) is 0.471. The molecule has 3 rings (SSSR count). The van der Waals surface area contributed by atoms with Crippen LogP contribution in [0.15, 0.2) is 36.4 Å². The van der Waals surface area contributed by atoms with Crippen LogP contribution >= 0.6 is 0 Å². The van der Waals surface area contributed by atoms with Gasteiger partial charge < -0.3 is 14.4 Å². The topological polar surface area (TPSA) is 38.8 Å². The van der Waals surface area contributed by atoms with E-state index in [-0.39, 0.29) is 11.8 Å². The first-order chi connectivity index (χ1) is 10.9. The van der Waals surface area contributed by atoms with E-state index in [0.29, 0.717) is 5.92 Å². The molecule has 4 nitrogen and oxygen atoms in total. The Morgan fingerprint density at radius 3 is 2.26 bits per heavy atom. The Hall–Kier alpha value is -1.68. The first-order valence-corrected chi connectivity index (χ1v) is 7.59. The van der Waals surface area contributed by atoms with Crippen molar-refractivity contribution in [2.24, 2.45) is 5.92 Å². The lowest BCUT2D eigenvalue weighted by Crippen LogP contribution is -2.47. The number of benzene rings is 1. The predicted molar refractivity (Wildman–Crippen MR) is 92.4 cm³/mol. The number of hydrogen-bond donors (Lipinski definition) is 0. The Labute approximate surface area is 140 Å². The van der Waals surface area contributed by atoms with Gasteiger partial charge in [-0.2, -0.15) is 0 Å². The number of ether oxygens (including phenoxy) is 2. The quantitative estimate of drug-likeness (QED) is 0.778. The van der Waals surface area contributed by atoms with Gasteiger partial charge in [0.15, 0.2) is 11.5 Å². The Kier molecular flexibility index (Phi) is 5.58. The lowest BCUT2D eigenvalue weighted by molar-refractivity contribution is -0.117. The molecule has 0 saturated carbocycles. The summed E-state index contributed by atoms with van der Waals surface area (Å²) in [5.74, 6) is 1.72. The van der Waals surface area contributed by atoms with Crippen molar-refractivity contribution in [2.45, 2.75) is 17.7 Å². The number of likely N-dealkylation sites (tertiary alicyclic amines) is 1. The molecule has 0 spiro atoms. The summed E-state index contributed by atoms with van der Waals surface area (Å²) in [5.41, 5.74) is 0. The third kappa shape index (κ3) is 3.63. The van der Waals surface area contributed by atoms with Crippen molar-refractivity contribution in [2.75, 3.05) is 27.8 Å². The number of hydrogen-bond acceptors (Lipinski definition) is 4. The molecule has 1 aliphatic carbocycles. The van der Waals surface area contributed by atoms with E-state index in [2.05, 4.69) is 4.90 Å². The fourth-order valence-corrected chi connectivity index (χ4v) is 3.19. The Morgan fingerprint density at radius 1 is 1.17 bits per heavy atom. The summed E-state index contributed by atoms with van der Waals surface area (Å²) in [7, 11) is 16.9. The average molecular weight is 309 g/mol. The van der Waals surface area contributed by atoms with E-state index in [1.807, 2.05) is 37.4 Å². The highest BCUT2D eigenvalue weighted by Crippen LogP contribution is 2.41. The van der Waals surface area contributed by atoms with Crippen LogP contribution < -0.4 is 9.47 Å². The van der Waals surface area contributed by atoms with Crippen LogP contribution in [-0.2, 0) is 4.79 Å². The smallest absolute Gasteiger partial charge is 0.160 e. The maximum Gasteiger partial charge on any atom is 0.160 e. The van der Waals surface area contributed by atoms with Crippen LogP contribution in [0.2, 0.25) is 5.21 Å². The van der Waals surface area contributed by atoms with E-state index in [1.165, 1.54) is 6.08 Å². The maximum atomic E-state index is 11.4. The van der Waals surface area contributed by atoms with Crippen LogP contribution in [0, 0.1) is 5.92 Å². The first-order valence-electron chi connectivity index (χ1n) is 7.59. The second-order valence-electron chi connectivity index (χ2n) is 5.89. The number of para-hydroxylation sites is 2. The van der Waals surface area contributed by atoms with Crippen molar-refractivity contribution in [3.8, 4) is 11.5 Å². The van der Waals surface area contributed by atoms with Crippen molar-refractivity contribution >= 4 is 21.5 Å². The van der Waals surface area contributed by atoms with Crippen LogP contribution in [0.1, 0.15) is 6.42 Å². The zero-order valence-electron chi connectivity index (χ0n) is 13.9. The van der Waals surface area contributed by atoms with Crippen LogP contribution in [-0.4, -0.2) is 60.2 Å². The summed E-state index contributed by atoms with van der Waals surface area (Å²) in [5, 5.41) is -1.19. The van der Waals surface area contributed by atoms with Gasteiger partial charge in [0, 0.05) is 6.04 Å². The zero-order chi connectivity index (χ0) is 17.0. The van der Waals surface area contributed by atoms with Crippen molar-refractivity contribution in [3.63, 3.8) is 0 Å². The summed E-state index contributed by atoms with van der Waals surface area (Å²) in [6.45, 7) is 0.961. The Morgan fingerprint density at radius 2 is 1.74 bits per heavy atom. The third-order valence-corrected chi connectivity index (χ3v) is 4.40. The standard InChI is InChI=1S/C9H11B2NO.C8H10O2/c1-12-5-4-6-2-3-7(13)9(10,11)8(6)12;1-9-7-5-3-4-6-8(7)10-2/h2-3,6,8H,4-5H2,1H3;3-6H,1-2H3. The maximum absolute atomic E-state index is 11.4. The van der Waals surface area contributed by atoms with E-state index >= 15 is 0 Å². The molecule has 23 heavy (non-hydrogen) atoms. The number of allylic oxidation sites excluding steroid dienone is 1. The zero-order valence-corrected chi connectivity index (χ0v) is 13.9. The third-order valence-electron chi connectivity index (χ3n) is 4.40. The second-order valence-corrected chi connectivity index (χ2v) is 5.89. The van der Waals surface area contributed by atoms with Crippen molar-refractivity contribution < 1.29 is 14.3 Å². The molecule has 1 saturated heterocycles. The van der Waals surface area contributed by atoms with Crippen molar-refractivity contribution in [1.82, 2.24) is 4.90 Å². The number of rotatable bonds is 2. The normalized spacial score (nSPS) is 25.3. The molecule has 6 heteroatoms. The molecule has 1 heterocycles. The lowest BCUT2D eigenvalue weighted by atomic mass is 9.45. The minimum Gasteiger partial charge on any atom is -0.493 e. The van der Waals surface area contributed by atoms with Crippen LogP contribution in [0.4, 0.5) is 0 Å². The van der Waals surface area contributed by atoms with Gasteiger partial charge in [0.2, 0.25) is 0 Å². The molecule has 2 atom stereocenters. The number of methoxy groups -OCH3 is 2. The summed E-state index contributed by atoms with van der Waals surface area (Å²) in [4.78, 5) is 13.5. The van der Waals surface area contributed by atoms with Gasteiger partial charge in [-0.05, 0) is 49.4 Å². The monoisotopic (exact) mass is 309 g/mol. The lowest BCUT2D eigenvalue weighted by Gasteiger charge is -2.40. The van der Waals surface area contributed by atoms with E-state index in [9.17, 15) is 4.79 Å². The molecule has 0 N–H and O–H groups in total. The fourth-order valence-electron chi connectivity index (χ4n) is 3.19. The van der Waals surface area contributed by atoms with Crippen LogP contribution in [0.25, 0.3) is 0 Å². The number of fused-ring (bicyclic) bond motifs is 1. The molecule has 118 valence electrons. The molecule has 0 aromatic heterocycles. The van der Waals surface area contributed by atoms with Gasteiger partial charge >= 0.3 is 0 Å². The highest BCUT2D eigenvalue weighted by atomic mass is 16.5. The molecular formula is C17H21B2NO3. The molecule has 0 amide bonds. The molecule has 2 unspecified atom stereocenters.